The fraction of sp³-hybridized carbons (Fsp3) is 0.308. The maximum Gasteiger partial charge on any atom is 0.160 e. The van der Waals surface area contributed by atoms with Crippen molar-refractivity contribution in [3.8, 4) is 0 Å². The highest BCUT2D eigenvalue weighted by atomic mass is 32.1. The van der Waals surface area contributed by atoms with Crippen LogP contribution < -0.4 is 0 Å². The summed E-state index contributed by atoms with van der Waals surface area (Å²) in [5.74, 6) is 0. The van der Waals surface area contributed by atoms with Crippen molar-refractivity contribution < 1.29 is 4.79 Å². The molecule has 0 aliphatic rings. The van der Waals surface area contributed by atoms with E-state index >= 15 is 0 Å². The van der Waals surface area contributed by atoms with E-state index in [1.165, 1.54) is 28.5 Å². The molecule has 0 N–H and O–H groups in total. The molecule has 0 saturated heterocycles. The molecule has 15 heavy (non-hydrogen) atoms. The molecule has 0 aliphatic carbocycles. The highest BCUT2D eigenvalue weighted by molar-refractivity contribution is 7.20. The molecule has 0 aliphatic heterocycles. The van der Waals surface area contributed by atoms with Crippen molar-refractivity contribution in [2.75, 3.05) is 0 Å². The van der Waals surface area contributed by atoms with Crippen LogP contribution in [0.1, 0.15) is 35.0 Å². The largest absolute Gasteiger partial charge is 0.297 e. The number of benzene rings is 1. The number of aldehydes is 1. The van der Waals surface area contributed by atoms with Crippen molar-refractivity contribution >= 4 is 27.7 Å². The van der Waals surface area contributed by atoms with E-state index in [0.29, 0.717) is 0 Å². The molecule has 0 saturated carbocycles. The third-order valence-corrected chi connectivity index (χ3v) is 3.56. The van der Waals surface area contributed by atoms with Crippen LogP contribution in [0.25, 0.3) is 10.1 Å². The van der Waals surface area contributed by atoms with Crippen LogP contribution in [-0.2, 0) is 6.42 Å². The molecule has 1 nitrogen and oxygen atoms in total. The van der Waals surface area contributed by atoms with Gasteiger partial charge in [0.2, 0.25) is 0 Å². The number of hydrogen-bond acceptors (Lipinski definition) is 2. The lowest BCUT2D eigenvalue weighted by molar-refractivity contribution is 0.112. The maximum atomic E-state index is 10.6. The minimum atomic E-state index is 0.817. The second-order valence-corrected chi connectivity index (χ2v) is 4.86. The third kappa shape index (κ3) is 2.26. The lowest BCUT2D eigenvalue weighted by Crippen LogP contribution is -1.82. The van der Waals surface area contributed by atoms with Gasteiger partial charge in [0.05, 0.1) is 4.88 Å². The van der Waals surface area contributed by atoms with Crippen molar-refractivity contribution in [2.24, 2.45) is 0 Å². The summed E-state index contributed by atoms with van der Waals surface area (Å²) in [6, 6.07) is 8.45. The van der Waals surface area contributed by atoms with Crippen LogP contribution in [0.3, 0.4) is 0 Å². The Hall–Kier alpha value is -1.15. The highest BCUT2D eigenvalue weighted by Gasteiger charge is 2.01. The Labute approximate surface area is 93.7 Å². The van der Waals surface area contributed by atoms with Gasteiger partial charge in [0.1, 0.15) is 0 Å². The van der Waals surface area contributed by atoms with E-state index in [0.717, 1.165) is 17.6 Å². The lowest BCUT2D eigenvalue weighted by atomic mass is 10.1. The molecule has 0 spiro atoms. The standard InChI is InChI=1S/C13H14OS/c1-2-3-4-10-5-6-11-8-12(9-14)15-13(11)7-10/h5-9H,2-4H2,1H3. The van der Waals surface area contributed by atoms with E-state index in [2.05, 4.69) is 25.1 Å². The Balaban J connectivity index is 2.33. The van der Waals surface area contributed by atoms with Gasteiger partial charge in [-0.2, -0.15) is 0 Å². The van der Waals surface area contributed by atoms with E-state index in [1.54, 1.807) is 11.3 Å². The number of carbonyl (C=O) groups excluding carboxylic acids is 1. The minimum Gasteiger partial charge on any atom is -0.297 e. The maximum absolute atomic E-state index is 10.6. The zero-order valence-electron chi connectivity index (χ0n) is 8.82. The number of fused-ring (bicyclic) bond motifs is 1. The van der Waals surface area contributed by atoms with Gasteiger partial charge in [-0.05, 0) is 35.9 Å². The molecule has 2 heteroatoms. The molecule has 1 aromatic heterocycles. The van der Waals surface area contributed by atoms with Gasteiger partial charge in [-0.15, -0.1) is 11.3 Å². The lowest BCUT2D eigenvalue weighted by Gasteiger charge is -1.99. The first-order valence-electron chi connectivity index (χ1n) is 5.31. The van der Waals surface area contributed by atoms with E-state index in [9.17, 15) is 4.79 Å². The van der Waals surface area contributed by atoms with Crippen molar-refractivity contribution in [1.82, 2.24) is 0 Å². The number of aryl methyl sites for hydroxylation is 1. The van der Waals surface area contributed by atoms with Crippen LogP contribution in [-0.4, -0.2) is 6.29 Å². The molecular formula is C13H14OS. The van der Waals surface area contributed by atoms with Crippen molar-refractivity contribution in [1.29, 1.82) is 0 Å². The molecule has 2 rings (SSSR count). The van der Waals surface area contributed by atoms with Gasteiger partial charge in [-0.3, -0.25) is 4.79 Å². The van der Waals surface area contributed by atoms with E-state index in [-0.39, 0.29) is 0 Å². The summed E-state index contributed by atoms with van der Waals surface area (Å²) < 4.78 is 1.23. The third-order valence-electron chi connectivity index (χ3n) is 2.54. The number of carbonyl (C=O) groups is 1. The zero-order valence-corrected chi connectivity index (χ0v) is 9.64. The summed E-state index contributed by atoms with van der Waals surface area (Å²) in [6.07, 6.45) is 4.52. The fourth-order valence-electron chi connectivity index (χ4n) is 1.69. The van der Waals surface area contributed by atoms with E-state index in [1.807, 2.05) is 6.07 Å². The molecule has 0 atom stereocenters. The minimum absolute atomic E-state index is 0.817. The van der Waals surface area contributed by atoms with Crippen molar-refractivity contribution in [2.45, 2.75) is 26.2 Å². The molecule has 2 aromatic rings. The molecule has 0 unspecified atom stereocenters. The van der Waals surface area contributed by atoms with Crippen LogP contribution in [0.4, 0.5) is 0 Å². The van der Waals surface area contributed by atoms with Gasteiger partial charge < -0.3 is 0 Å². The summed E-state index contributed by atoms with van der Waals surface area (Å²) in [4.78, 5) is 11.5. The Morgan fingerprint density at radius 2 is 2.20 bits per heavy atom. The first-order valence-corrected chi connectivity index (χ1v) is 6.13. The van der Waals surface area contributed by atoms with E-state index < -0.39 is 0 Å². The molecule has 0 amide bonds. The Morgan fingerprint density at radius 1 is 1.33 bits per heavy atom. The second-order valence-electron chi connectivity index (χ2n) is 3.74. The van der Waals surface area contributed by atoms with Gasteiger partial charge in [0, 0.05) is 4.70 Å². The Morgan fingerprint density at radius 3 is 2.93 bits per heavy atom. The Bertz CT molecular complexity index is 470. The van der Waals surface area contributed by atoms with Gasteiger partial charge >= 0.3 is 0 Å². The van der Waals surface area contributed by atoms with Gasteiger partial charge in [-0.25, -0.2) is 0 Å². The summed E-state index contributed by atoms with van der Waals surface area (Å²) >= 11 is 1.58. The summed E-state index contributed by atoms with van der Waals surface area (Å²) in [7, 11) is 0. The number of unbranched alkanes of at least 4 members (excludes halogenated alkanes) is 1. The predicted molar refractivity (Wildman–Crippen MR) is 65.8 cm³/mol. The SMILES string of the molecule is CCCCc1ccc2cc(C=O)sc2c1. The normalized spacial score (nSPS) is 10.7. The molecule has 0 fully saturated rings. The molecule has 78 valence electrons. The molecular weight excluding hydrogens is 204 g/mol. The zero-order chi connectivity index (χ0) is 10.7. The number of hydrogen-bond donors (Lipinski definition) is 0. The monoisotopic (exact) mass is 218 g/mol. The molecule has 1 heterocycles. The second kappa shape index (κ2) is 4.58. The van der Waals surface area contributed by atoms with Crippen LogP contribution in [0.2, 0.25) is 0 Å². The number of thiophene rings is 1. The average Bonchev–Trinajstić information content (AvgIpc) is 2.68. The summed E-state index contributed by atoms with van der Waals surface area (Å²) in [5, 5.41) is 1.18. The first kappa shape index (κ1) is 10.4. The topological polar surface area (TPSA) is 17.1 Å². The smallest absolute Gasteiger partial charge is 0.160 e. The van der Waals surface area contributed by atoms with Crippen molar-refractivity contribution in [3.63, 3.8) is 0 Å². The van der Waals surface area contributed by atoms with Crippen LogP contribution in [0, 0.1) is 0 Å². The first-order chi connectivity index (χ1) is 7.33. The van der Waals surface area contributed by atoms with Gasteiger partial charge in [0.15, 0.2) is 6.29 Å². The quantitative estimate of drug-likeness (QED) is 0.707. The summed E-state index contributed by atoms with van der Waals surface area (Å²) in [5.41, 5.74) is 1.38. The van der Waals surface area contributed by atoms with Crippen LogP contribution in [0.15, 0.2) is 24.3 Å². The average molecular weight is 218 g/mol. The van der Waals surface area contributed by atoms with Gasteiger partial charge in [0.25, 0.3) is 0 Å². The van der Waals surface area contributed by atoms with Crippen LogP contribution >= 0.6 is 11.3 Å². The molecule has 0 bridgehead atoms. The molecule has 0 radical (unpaired) electrons. The molecule has 1 aromatic carbocycles. The highest BCUT2D eigenvalue weighted by Crippen LogP contribution is 2.26. The van der Waals surface area contributed by atoms with Crippen molar-refractivity contribution in [3.05, 3.63) is 34.7 Å². The van der Waals surface area contributed by atoms with E-state index in [4.69, 9.17) is 0 Å². The van der Waals surface area contributed by atoms with Crippen LogP contribution in [0.5, 0.6) is 0 Å². The Kier molecular flexibility index (Phi) is 3.17. The summed E-state index contributed by atoms with van der Waals surface area (Å²) in [6.45, 7) is 2.20. The predicted octanol–water partition coefficient (Wildman–Crippen LogP) is 4.06. The van der Waals surface area contributed by atoms with Gasteiger partial charge in [-0.1, -0.05) is 25.5 Å². The fourth-order valence-corrected chi connectivity index (χ4v) is 2.63. The number of rotatable bonds is 4.